The second kappa shape index (κ2) is 9.83. The lowest BCUT2D eigenvalue weighted by atomic mass is 9.88. The van der Waals surface area contributed by atoms with Crippen molar-refractivity contribution in [1.29, 1.82) is 0 Å². The van der Waals surface area contributed by atoms with Crippen LogP contribution < -0.4 is 5.32 Å². The molecule has 0 fully saturated rings. The Bertz CT molecular complexity index is 1240. The monoisotopic (exact) mass is 516 g/mol. The third kappa shape index (κ3) is 4.31. The fraction of sp³-hybridized carbons (Fsp3) is 0.500. The first kappa shape index (κ1) is 23.6. The maximum atomic E-state index is 12.8. The van der Waals surface area contributed by atoms with Crippen LogP contribution in [0.4, 0.5) is 5.00 Å². The van der Waals surface area contributed by atoms with Gasteiger partial charge in [-0.1, -0.05) is 18.7 Å². The molecular formula is C24H28N4O3S3. The van der Waals surface area contributed by atoms with Gasteiger partial charge in [-0.15, -0.1) is 32.9 Å². The number of rotatable bonds is 7. The van der Waals surface area contributed by atoms with Crippen LogP contribution in [0.1, 0.15) is 57.9 Å². The highest BCUT2D eigenvalue weighted by molar-refractivity contribution is 7.99. The maximum absolute atomic E-state index is 12.8. The van der Waals surface area contributed by atoms with Crippen LogP contribution in [0.3, 0.4) is 0 Å². The molecule has 5 rings (SSSR count). The third-order valence-electron chi connectivity index (χ3n) is 6.57. The molecular weight excluding hydrogens is 488 g/mol. The number of carbonyl (C=O) groups is 2. The number of thioether (sulfide) groups is 1. The van der Waals surface area contributed by atoms with Crippen molar-refractivity contribution in [1.82, 2.24) is 14.8 Å². The number of anilines is 1. The predicted molar refractivity (Wildman–Crippen MR) is 137 cm³/mol. The smallest absolute Gasteiger partial charge is 0.341 e. The number of aryl methyl sites for hydroxylation is 1. The van der Waals surface area contributed by atoms with Gasteiger partial charge in [0.2, 0.25) is 5.91 Å². The SMILES string of the molecule is CCn1c(SCC(=O)Nc2sc3c(c2C(=O)OC)CCC3)nnc1-c1csc2c1CCC(C)C2. The van der Waals surface area contributed by atoms with Gasteiger partial charge < -0.3 is 14.6 Å². The van der Waals surface area contributed by atoms with Crippen LogP contribution in [-0.4, -0.2) is 39.5 Å². The summed E-state index contributed by atoms with van der Waals surface area (Å²) in [6, 6.07) is 0. The van der Waals surface area contributed by atoms with E-state index in [-0.39, 0.29) is 17.6 Å². The normalized spacial score (nSPS) is 16.9. The molecule has 0 aliphatic heterocycles. The van der Waals surface area contributed by atoms with Crippen molar-refractivity contribution in [2.45, 2.75) is 64.1 Å². The zero-order chi connectivity index (χ0) is 23.8. The number of nitrogens with one attached hydrogen (secondary N) is 1. The molecule has 10 heteroatoms. The molecule has 0 spiro atoms. The Kier molecular flexibility index (Phi) is 6.81. The van der Waals surface area contributed by atoms with E-state index in [0.717, 1.165) is 61.1 Å². The third-order valence-corrected chi connectivity index (χ3v) is 9.80. The molecule has 0 radical (unpaired) electrons. The summed E-state index contributed by atoms with van der Waals surface area (Å²) in [5.41, 5.74) is 4.16. The zero-order valence-electron chi connectivity index (χ0n) is 19.6. The van der Waals surface area contributed by atoms with Gasteiger partial charge in [0.15, 0.2) is 11.0 Å². The van der Waals surface area contributed by atoms with E-state index in [4.69, 9.17) is 4.74 Å². The van der Waals surface area contributed by atoms with E-state index < -0.39 is 0 Å². The molecule has 180 valence electrons. The van der Waals surface area contributed by atoms with Crippen LogP contribution in [0.25, 0.3) is 11.4 Å². The number of thiophene rings is 2. The summed E-state index contributed by atoms with van der Waals surface area (Å²) in [6.07, 6.45) is 6.28. The van der Waals surface area contributed by atoms with Crippen molar-refractivity contribution in [3.8, 4) is 11.4 Å². The molecule has 3 aromatic heterocycles. The van der Waals surface area contributed by atoms with Crippen molar-refractivity contribution >= 4 is 51.3 Å². The molecule has 0 bridgehead atoms. The lowest BCUT2D eigenvalue weighted by molar-refractivity contribution is -0.113. The molecule has 1 atom stereocenters. The Morgan fingerprint density at radius 2 is 2.09 bits per heavy atom. The van der Waals surface area contributed by atoms with Crippen LogP contribution in [0.15, 0.2) is 10.5 Å². The highest BCUT2D eigenvalue weighted by Crippen LogP contribution is 2.40. The van der Waals surface area contributed by atoms with Gasteiger partial charge in [-0.05, 0) is 62.5 Å². The summed E-state index contributed by atoms with van der Waals surface area (Å²) in [7, 11) is 1.38. The first-order valence-corrected chi connectivity index (χ1v) is 14.4. The number of amides is 1. The van der Waals surface area contributed by atoms with E-state index in [1.807, 2.05) is 11.3 Å². The van der Waals surface area contributed by atoms with Gasteiger partial charge in [0.05, 0.1) is 18.4 Å². The van der Waals surface area contributed by atoms with Crippen molar-refractivity contribution in [2.75, 3.05) is 18.2 Å². The van der Waals surface area contributed by atoms with E-state index in [2.05, 4.69) is 39.3 Å². The molecule has 3 heterocycles. The van der Waals surface area contributed by atoms with Crippen molar-refractivity contribution < 1.29 is 14.3 Å². The lowest BCUT2D eigenvalue weighted by Crippen LogP contribution is -2.16. The number of fused-ring (bicyclic) bond motifs is 2. The van der Waals surface area contributed by atoms with E-state index >= 15 is 0 Å². The minimum absolute atomic E-state index is 0.163. The summed E-state index contributed by atoms with van der Waals surface area (Å²) in [5.74, 6) is 1.27. The van der Waals surface area contributed by atoms with E-state index in [1.165, 1.54) is 57.5 Å². The number of nitrogens with zero attached hydrogens (tertiary/aromatic N) is 3. The van der Waals surface area contributed by atoms with Gasteiger partial charge in [-0.25, -0.2) is 4.79 Å². The lowest BCUT2D eigenvalue weighted by Gasteiger charge is -2.19. The minimum atomic E-state index is -0.383. The first-order chi connectivity index (χ1) is 16.5. The largest absolute Gasteiger partial charge is 0.465 e. The number of aromatic nitrogens is 3. The van der Waals surface area contributed by atoms with Crippen LogP contribution in [0.2, 0.25) is 0 Å². The quantitative estimate of drug-likeness (QED) is 0.342. The standard InChI is InChI=1S/C24H28N4O3S3/c1-4-28-21(16-11-32-18-10-13(2)8-9-14(16)18)26-27-24(28)33-12-19(29)25-22-20(23(30)31-3)15-6-5-7-17(15)34-22/h11,13H,4-10,12H2,1-3H3,(H,25,29). The van der Waals surface area contributed by atoms with Gasteiger partial charge in [-0.3, -0.25) is 4.79 Å². The first-order valence-electron chi connectivity index (χ1n) is 11.7. The summed E-state index contributed by atoms with van der Waals surface area (Å²) >= 11 is 4.69. The Labute approximate surface area is 211 Å². The molecule has 0 aromatic carbocycles. The van der Waals surface area contributed by atoms with Gasteiger partial charge in [0.25, 0.3) is 0 Å². The molecule has 1 unspecified atom stereocenters. The predicted octanol–water partition coefficient (Wildman–Crippen LogP) is 5.22. The summed E-state index contributed by atoms with van der Waals surface area (Å²) in [4.78, 5) is 27.8. The van der Waals surface area contributed by atoms with Crippen LogP contribution in [0, 0.1) is 5.92 Å². The molecule has 0 saturated carbocycles. The Balaban J connectivity index is 1.30. The second-order valence-corrected chi connectivity index (χ2v) is 11.9. The van der Waals surface area contributed by atoms with E-state index in [1.54, 1.807) is 0 Å². The molecule has 1 amide bonds. The molecule has 2 aliphatic rings. The zero-order valence-corrected chi connectivity index (χ0v) is 22.1. The average molecular weight is 517 g/mol. The molecule has 7 nitrogen and oxygen atoms in total. The molecule has 1 N–H and O–H groups in total. The maximum Gasteiger partial charge on any atom is 0.341 e. The second-order valence-electron chi connectivity index (χ2n) is 8.84. The fourth-order valence-electron chi connectivity index (χ4n) is 4.85. The summed E-state index contributed by atoms with van der Waals surface area (Å²) in [5, 5.41) is 15.4. The molecule has 2 aliphatic carbocycles. The van der Waals surface area contributed by atoms with E-state index in [0.29, 0.717) is 10.6 Å². The Morgan fingerprint density at radius 3 is 2.88 bits per heavy atom. The highest BCUT2D eigenvalue weighted by atomic mass is 32.2. The van der Waals surface area contributed by atoms with Crippen LogP contribution in [0.5, 0.6) is 0 Å². The van der Waals surface area contributed by atoms with Gasteiger partial charge >= 0.3 is 5.97 Å². The van der Waals surface area contributed by atoms with Gasteiger partial charge in [-0.2, -0.15) is 0 Å². The minimum Gasteiger partial charge on any atom is -0.465 e. The highest BCUT2D eigenvalue weighted by Gasteiger charge is 2.28. The number of ether oxygens (including phenoxy) is 1. The Morgan fingerprint density at radius 1 is 1.24 bits per heavy atom. The number of methoxy groups -OCH3 is 1. The molecule has 0 saturated heterocycles. The molecule has 3 aromatic rings. The molecule has 34 heavy (non-hydrogen) atoms. The average Bonchev–Trinajstić information content (AvgIpc) is 3.59. The topological polar surface area (TPSA) is 86.1 Å². The van der Waals surface area contributed by atoms with Crippen LogP contribution in [-0.2, 0) is 41.8 Å². The number of esters is 1. The number of hydrogen-bond donors (Lipinski definition) is 1. The van der Waals surface area contributed by atoms with Crippen LogP contribution >= 0.6 is 34.4 Å². The number of hydrogen-bond acceptors (Lipinski definition) is 8. The summed E-state index contributed by atoms with van der Waals surface area (Å²) in [6.45, 7) is 5.12. The van der Waals surface area contributed by atoms with Crippen molar-refractivity contribution in [3.05, 3.63) is 31.8 Å². The summed E-state index contributed by atoms with van der Waals surface area (Å²) < 4.78 is 7.07. The van der Waals surface area contributed by atoms with Gasteiger partial charge in [0, 0.05) is 27.2 Å². The number of carbonyl (C=O) groups excluding carboxylic acids is 2. The van der Waals surface area contributed by atoms with E-state index in [9.17, 15) is 9.59 Å². The van der Waals surface area contributed by atoms with Gasteiger partial charge in [0.1, 0.15) is 5.00 Å². The van der Waals surface area contributed by atoms with Crippen molar-refractivity contribution in [3.63, 3.8) is 0 Å². The fourth-order valence-corrected chi connectivity index (χ4v) is 8.19. The Hall–Kier alpha value is -2.17. The van der Waals surface area contributed by atoms with Crippen molar-refractivity contribution in [2.24, 2.45) is 5.92 Å².